The summed E-state index contributed by atoms with van der Waals surface area (Å²) in [5.41, 5.74) is 1.20. The zero-order chi connectivity index (χ0) is 27.7. The highest BCUT2D eigenvalue weighted by Gasteiger charge is 2.45. The number of nitrogens with zero attached hydrogens (tertiary/aromatic N) is 3. The topological polar surface area (TPSA) is 143 Å². The molecule has 0 radical (unpaired) electrons. The second-order valence-corrected chi connectivity index (χ2v) is 7.64. The first-order valence-electron chi connectivity index (χ1n) is 10.3. The number of hydrogen-bond acceptors (Lipinski definition) is 7. The summed E-state index contributed by atoms with van der Waals surface area (Å²) in [4.78, 5) is 32.3. The third-order valence-corrected chi connectivity index (χ3v) is 4.92. The van der Waals surface area contributed by atoms with Gasteiger partial charge in [-0.2, -0.15) is 31.4 Å². The van der Waals surface area contributed by atoms with E-state index in [9.17, 15) is 31.1 Å². The maximum atomic E-state index is 12.1. The van der Waals surface area contributed by atoms with E-state index in [-0.39, 0.29) is 18.1 Å². The van der Waals surface area contributed by atoms with E-state index in [0.29, 0.717) is 19.2 Å². The minimum absolute atomic E-state index is 0.0206. The van der Waals surface area contributed by atoms with Crippen LogP contribution in [0.15, 0.2) is 12.4 Å². The van der Waals surface area contributed by atoms with E-state index in [1.807, 2.05) is 24.1 Å². The molecule has 17 heteroatoms. The first-order valence-corrected chi connectivity index (χ1v) is 10.3. The van der Waals surface area contributed by atoms with Crippen molar-refractivity contribution in [2.75, 3.05) is 26.8 Å². The number of fused-ring (bicyclic) bond motifs is 1. The van der Waals surface area contributed by atoms with Crippen molar-refractivity contribution in [3.8, 4) is 0 Å². The minimum atomic E-state index is -5.08. The fourth-order valence-electron chi connectivity index (χ4n) is 3.38. The van der Waals surface area contributed by atoms with Gasteiger partial charge < -0.3 is 25.0 Å². The lowest BCUT2D eigenvalue weighted by molar-refractivity contribution is -0.193. The molecule has 11 nitrogen and oxygen atoms in total. The smallest absolute Gasteiger partial charge is 0.475 e. The molecule has 3 N–H and O–H groups in total. The summed E-state index contributed by atoms with van der Waals surface area (Å²) in [6, 6.07) is 0.332. The first-order chi connectivity index (χ1) is 16.6. The van der Waals surface area contributed by atoms with Gasteiger partial charge in [-0.1, -0.05) is 0 Å². The van der Waals surface area contributed by atoms with Gasteiger partial charge in [-0.25, -0.2) is 9.59 Å². The van der Waals surface area contributed by atoms with Crippen LogP contribution in [0.1, 0.15) is 18.4 Å². The summed E-state index contributed by atoms with van der Waals surface area (Å²) in [5, 5.41) is 21.3. The maximum Gasteiger partial charge on any atom is 0.490 e. The van der Waals surface area contributed by atoms with Crippen LogP contribution in [-0.2, 0) is 37.4 Å². The molecule has 1 amide bonds. The van der Waals surface area contributed by atoms with Gasteiger partial charge in [0.2, 0.25) is 5.91 Å². The molecule has 2 saturated heterocycles. The SMILES string of the molecule is COCCNC(=O)[C@H]1C[C@H]2[C@H](CCN2Cc2cnn(C)c2)O1.O=C(O)C(F)(F)F.O=C(O)C(F)(F)F. The molecular weight excluding hydrogens is 510 g/mol. The molecule has 36 heavy (non-hydrogen) atoms. The normalized spacial score (nSPS) is 21.5. The molecule has 0 bridgehead atoms. The van der Waals surface area contributed by atoms with Crippen LogP contribution in [0.2, 0.25) is 0 Å². The van der Waals surface area contributed by atoms with Gasteiger partial charge in [0.05, 0.1) is 18.9 Å². The van der Waals surface area contributed by atoms with Crippen molar-refractivity contribution in [2.45, 2.75) is 50.0 Å². The van der Waals surface area contributed by atoms with Crippen molar-refractivity contribution in [1.82, 2.24) is 20.0 Å². The number of carbonyl (C=O) groups excluding carboxylic acids is 1. The van der Waals surface area contributed by atoms with Crippen LogP contribution in [-0.4, -0.2) is 100 Å². The van der Waals surface area contributed by atoms with Crippen LogP contribution in [0.5, 0.6) is 0 Å². The summed E-state index contributed by atoms with van der Waals surface area (Å²) in [6.07, 6.45) is -4.62. The van der Waals surface area contributed by atoms with E-state index in [2.05, 4.69) is 15.3 Å². The van der Waals surface area contributed by atoms with Gasteiger partial charge >= 0.3 is 24.3 Å². The summed E-state index contributed by atoms with van der Waals surface area (Å²) >= 11 is 0. The van der Waals surface area contributed by atoms with Gasteiger partial charge in [-0.05, 0) is 6.42 Å². The Morgan fingerprint density at radius 2 is 1.72 bits per heavy atom. The number of amides is 1. The standard InChI is InChI=1S/C15H24N4O3.2C2HF3O2/c1-18-9-11(8-17-18)10-19-5-3-13-12(19)7-14(22-13)15(20)16-4-6-21-2;2*3-2(4,5)1(6)7/h8-9,12-14H,3-7,10H2,1-2H3,(H,16,20);2*(H,6,7)/t12-,13-,14+;;/m0../s1. The average Bonchev–Trinajstić information content (AvgIpc) is 3.45. The monoisotopic (exact) mass is 536 g/mol. The molecule has 0 aromatic carbocycles. The molecule has 1 aromatic rings. The van der Waals surface area contributed by atoms with Crippen molar-refractivity contribution < 1.29 is 60.4 Å². The van der Waals surface area contributed by atoms with Crippen molar-refractivity contribution >= 4 is 17.8 Å². The third-order valence-electron chi connectivity index (χ3n) is 4.92. The lowest BCUT2D eigenvalue weighted by atomic mass is 10.1. The molecule has 1 aromatic heterocycles. The number of aryl methyl sites for hydroxylation is 1. The quantitative estimate of drug-likeness (QED) is 0.361. The molecule has 2 aliphatic rings. The second-order valence-electron chi connectivity index (χ2n) is 7.64. The number of aromatic nitrogens is 2. The molecule has 0 unspecified atom stereocenters. The highest BCUT2D eigenvalue weighted by molar-refractivity contribution is 5.81. The number of rotatable bonds is 6. The molecule has 206 valence electrons. The van der Waals surface area contributed by atoms with Crippen molar-refractivity contribution in [3.63, 3.8) is 0 Å². The Balaban J connectivity index is 0.000000383. The predicted octanol–water partition coefficient (Wildman–Crippen LogP) is 1.18. The van der Waals surface area contributed by atoms with Crippen LogP contribution in [0.25, 0.3) is 0 Å². The van der Waals surface area contributed by atoms with Crippen LogP contribution in [0, 0.1) is 0 Å². The number of ether oxygens (including phenoxy) is 2. The van der Waals surface area contributed by atoms with E-state index in [1.54, 1.807) is 7.11 Å². The summed E-state index contributed by atoms with van der Waals surface area (Å²) in [6.45, 7) is 2.95. The lowest BCUT2D eigenvalue weighted by Gasteiger charge is -2.21. The Hall–Kier alpha value is -2.92. The van der Waals surface area contributed by atoms with Crippen molar-refractivity contribution in [2.24, 2.45) is 7.05 Å². The Labute approximate surface area is 200 Å². The maximum absolute atomic E-state index is 12.1. The molecular formula is C19H26F6N4O7. The number of likely N-dealkylation sites (tertiary alicyclic amines) is 1. The highest BCUT2D eigenvalue weighted by Crippen LogP contribution is 2.33. The van der Waals surface area contributed by atoms with Gasteiger partial charge in [-0.15, -0.1) is 0 Å². The largest absolute Gasteiger partial charge is 0.490 e. The van der Waals surface area contributed by atoms with Crippen LogP contribution in [0.3, 0.4) is 0 Å². The number of carboxylic acid groups (broad SMARTS) is 2. The molecule has 0 spiro atoms. The number of alkyl halides is 6. The second kappa shape index (κ2) is 13.4. The highest BCUT2D eigenvalue weighted by atomic mass is 19.4. The lowest BCUT2D eigenvalue weighted by Crippen LogP contribution is -2.37. The van der Waals surface area contributed by atoms with Crippen molar-refractivity contribution in [1.29, 1.82) is 0 Å². The predicted molar refractivity (Wildman–Crippen MR) is 108 cm³/mol. The van der Waals surface area contributed by atoms with Gasteiger partial charge in [0.15, 0.2) is 0 Å². The molecule has 3 heterocycles. The van der Waals surface area contributed by atoms with Crippen molar-refractivity contribution in [3.05, 3.63) is 18.0 Å². The van der Waals surface area contributed by atoms with Gasteiger partial charge in [0, 0.05) is 58.0 Å². The summed E-state index contributed by atoms with van der Waals surface area (Å²) < 4.78 is 76.2. The molecule has 2 aliphatic heterocycles. The average molecular weight is 536 g/mol. The number of aliphatic carboxylic acids is 2. The number of methoxy groups -OCH3 is 1. The van der Waals surface area contributed by atoms with E-state index in [0.717, 1.165) is 25.9 Å². The number of hydrogen-bond donors (Lipinski definition) is 3. The molecule has 0 aliphatic carbocycles. The number of carboxylic acids is 2. The fourth-order valence-corrected chi connectivity index (χ4v) is 3.38. The van der Waals surface area contributed by atoms with E-state index in [1.165, 1.54) is 5.56 Å². The Morgan fingerprint density at radius 1 is 1.17 bits per heavy atom. The Bertz CT molecular complexity index is 853. The zero-order valence-electron chi connectivity index (χ0n) is 19.2. The Morgan fingerprint density at radius 3 is 2.17 bits per heavy atom. The van der Waals surface area contributed by atoms with Crippen LogP contribution < -0.4 is 5.32 Å². The van der Waals surface area contributed by atoms with Crippen LogP contribution in [0.4, 0.5) is 26.3 Å². The van der Waals surface area contributed by atoms with E-state index in [4.69, 9.17) is 29.3 Å². The molecule has 3 rings (SSSR count). The zero-order valence-corrected chi connectivity index (χ0v) is 19.2. The van der Waals surface area contributed by atoms with Gasteiger partial charge in [0.1, 0.15) is 6.10 Å². The molecule has 3 atom stereocenters. The van der Waals surface area contributed by atoms with Gasteiger partial charge in [0.25, 0.3) is 0 Å². The van der Waals surface area contributed by atoms with E-state index < -0.39 is 24.3 Å². The fraction of sp³-hybridized carbons (Fsp3) is 0.684. The molecule has 0 saturated carbocycles. The molecule has 2 fully saturated rings. The summed E-state index contributed by atoms with van der Waals surface area (Å²) in [7, 11) is 3.55. The number of carbonyl (C=O) groups is 3. The number of nitrogens with one attached hydrogen (secondary N) is 1. The summed E-state index contributed by atoms with van der Waals surface area (Å²) in [5.74, 6) is -5.53. The first kappa shape index (κ1) is 31.1. The third kappa shape index (κ3) is 10.4. The minimum Gasteiger partial charge on any atom is -0.475 e. The van der Waals surface area contributed by atoms with Gasteiger partial charge in [-0.3, -0.25) is 14.4 Å². The Kier molecular flexibility index (Phi) is 11.6. The van der Waals surface area contributed by atoms with E-state index >= 15 is 0 Å². The van der Waals surface area contributed by atoms with Crippen LogP contribution >= 0.6 is 0 Å². The number of halogens is 6.